The molecule has 1 fully saturated rings. The molecule has 1 aromatic heterocycles. The van der Waals surface area contributed by atoms with Crippen LogP contribution in [0.5, 0.6) is 0 Å². The standard InChI is InChI=1S/C15H23N3O3.C2HF3O2/c1-11-8-12(2)18(14(19)9-11)16-15(20)13-4-5-17(10-13)6-7-21-3;3-2(4,5)1(6)7/h8-9,13H,4-7,10H2,1-3H3,(H,16,20);(H,6,7). The van der Waals surface area contributed by atoms with Gasteiger partial charge in [-0.15, -0.1) is 0 Å². The molecule has 2 N–H and O–H groups in total. The summed E-state index contributed by atoms with van der Waals surface area (Å²) in [4.78, 5) is 35.3. The van der Waals surface area contributed by atoms with Crippen molar-refractivity contribution in [3.8, 4) is 0 Å². The minimum absolute atomic E-state index is 0.0746. The summed E-state index contributed by atoms with van der Waals surface area (Å²) < 4.78 is 38.1. The normalized spacial score (nSPS) is 17.0. The number of hydrogen-bond donors (Lipinski definition) is 2. The van der Waals surface area contributed by atoms with Crippen LogP contribution in [0.2, 0.25) is 0 Å². The molecular formula is C17H24F3N3O5. The van der Waals surface area contributed by atoms with Crippen LogP contribution >= 0.6 is 0 Å². The fraction of sp³-hybridized carbons (Fsp3) is 0.588. The van der Waals surface area contributed by atoms with E-state index in [9.17, 15) is 22.8 Å². The number of methoxy groups -OCH3 is 1. The molecular weight excluding hydrogens is 383 g/mol. The van der Waals surface area contributed by atoms with E-state index in [0.29, 0.717) is 6.61 Å². The molecule has 28 heavy (non-hydrogen) atoms. The van der Waals surface area contributed by atoms with Gasteiger partial charge in [-0.2, -0.15) is 13.2 Å². The highest BCUT2D eigenvalue weighted by Gasteiger charge is 2.38. The van der Waals surface area contributed by atoms with E-state index in [-0.39, 0.29) is 17.4 Å². The van der Waals surface area contributed by atoms with Crippen molar-refractivity contribution in [2.75, 3.05) is 38.8 Å². The average Bonchev–Trinajstić information content (AvgIpc) is 3.04. The van der Waals surface area contributed by atoms with Crippen LogP contribution in [-0.2, 0) is 14.3 Å². The summed E-state index contributed by atoms with van der Waals surface area (Å²) in [5.74, 6) is -2.93. The van der Waals surface area contributed by atoms with E-state index < -0.39 is 12.1 Å². The number of amides is 1. The summed E-state index contributed by atoms with van der Waals surface area (Å²) in [7, 11) is 1.67. The molecule has 0 radical (unpaired) electrons. The van der Waals surface area contributed by atoms with Gasteiger partial charge in [-0.3, -0.25) is 15.0 Å². The number of alkyl halides is 3. The zero-order valence-electron chi connectivity index (χ0n) is 15.9. The van der Waals surface area contributed by atoms with Gasteiger partial charge in [0, 0.05) is 32.0 Å². The molecule has 0 bridgehead atoms. The fourth-order valence-corrected chi connectivity index (χ4v) is 2.68. The number of pyridine rings is 1. The molecule has 8 nitrogen and oxygen atoms in total. The zero-order chi connectivity index (χ0) is 21.5. The molecule has 2 rings (SSSR count). The molecule has 2 heterocycles. The van der Waals surface area contributed by atoms with Crippen molar-refractivity contribution in [2.45, 2.75) is 26.4 Å². The van der Waals surface area contributed by atoms with Crippen LogP contribution in [0.4, 0.5) is 13.2 Å². The smallest absolute Gasteiger partial charge is 0.475 e. The van der Waals surface area contributed by atoms with Crippen LogP contribution in [0.15, 0.2) is 16.9 Å². The topological polar surface area (TPSA) is 101 Å². The predicted molar refractivity (Wildman–Crippen MR) is 94.7 cm³/mol. The number of carboxylic acids is 1. The number of aryl methyl sites for hydroxylation is 2. The lowest BCUT2D eigenvalue weighted by atomic mass is 10.1. The highest BCUT2D eigenvalue weighted by atomic mass is 19.4. The first-order valence-electron chi connectivity index (χ1n) is 8.48. The van der Waals surface area contributed by atoms with Crippen molar-refractivity contribution in [3.63, 3.8) is 0 Å². The molecule has 1 unspecified atom stereocenters. The largest absolute Gasteiger partial charge is 0.490 e. The highest BCUT2D eigenvalue weighted by Crippen LogP contribution is 2.16. The second-order valence-corrected chi connectivity index (χ2v) is 6.41. The lowest BCUT2D eigenvalue weighted by molar-refractivity contribution is -0.192. The van der Waals surface area contributed by atoms with Gasteiger partial charge in [0.15, 0.2) is 0 Å². The number of aromatic nitrogens is 1. The monoisotopic (exact) mass is 407 g/mol. The molecule has 1 aliphatic heterocycles. The van der Waals surface area contributed by atoms with Gasteiger partial charge in [-0.05, 0) is 38.4 Å². The Hall–Kier alpha value is -2.40. The molecule has 1 amide bonds. The molecule has 0 spiro atoms. The first kappa shape index (κ1) is 23.6. The number of rotatable bonds is 5. The van der Waals surface area contributed by atoms with Crippen molar-refractivity contribution in [1.29, 1.82) is 0 Å². The van der Waals surface area contributed by atoms with Crippen molar-refractivity contribution in [1.82, 2.24) is 9.58 Å². The molecule has 1 aliphatic rings. The van der Waals surface area contributed by atoms with E-state index >= 15 is 0 Å². The third-order valence-electron chi connectivity index (χ3n) is 4.08. The van der Waals surface area contributed by atoms with Crippen molar-refractivity contribution in [2.24, 2.45) is 5.92 Å². The Balaban J connectivity index is 0.000000480. The van der Waals surface area contributed by atoms with E-state index in [0.717, 1.165) is 37.3 Å². The number of likely N-dealkylation sites (tertiary alicyclic amines) is 1. The van der Waals surface area contributed by atoms with E-state index in [4.69, 9.17) is 14.6 Å². The van der Waals surface area contributed by atoms with Crippen LogP contribution in [0.3, 0.4) is 0 Å². The molecule has 0 aliphatic carbocycles. The number of nitrogens with one attached hydrogen (secondary N) is 1. The van der Waals surface area contributed by atoms with Gasteiger partial charge in [0.2, 0.25) is 5.91 Å². The molecule has 1 aromatic rings. The van der Waals surface area contributed by atoms with Crippen LogP contribution in [-0.4, -0.2) is 66.1 Å². The third kappa shape index (κ3) is 7.31. The quantitative estimate of drug-likeness (QED) is 0.759. The van der Waals surface area contributed by atoms with Gasteiger partial charge in [0.05, 0.1) is 12.5 Å². The van der Waals surface area contributed by atoms with E-state index in [1.807, 2.05) is 19.9 Å². The van der Waals surface area contributed by atoms with E-state index in [1.54, 1.807) is 7.11 Å². The number of aliphatic carboxylic acids is 1. The van der Waals surface area contributed by atoms with Crippen molar-refractivity contribution < 1.29 is 32.6 Å². The highest BCUT2D eigenvalue weighted by molar-refractivity contribution is 5.86. The molecule has 0 saturated carbocycles. The van der Waals surface area contributed by atoms with Crippen LogP contribution in [0.1, 0.15) is 17.7 Å². The number of nitrogens with zero attached hydrogens (tertiary/aromatic N) is 2. The predicted octanol–water partition coefficient (Wildman–Crippen LogP) is 1.14. The zero-order valence-corrected chi connectivity index (χ0v) is 15.9. The fourth-order valence-electron chi connectivity index (χ4n) is 2.68. The lowest BCUT2D eigenvalue weighted by Gasteiger charge is -2.17. The second kappa shape index (κ2) is 10.2. The second-order valence-electron chi connectivity index (χ2n) is 6.41. The minimum Gasteiger partial charge on any atom is -0.475 e. The number of carbonyl (C=O) groups is 2. The minimum atomic E-state index is -5.08. The Kier molecular flexibility index (Phi) is 8.64. The molecule has 1 saturated heterocycles. The first-order chi connectivity index (χ1) is 13.0. The first-order valence-corrected chi connectivity index (χ1v) is 8.48. The maximum atomic E-state index is 12.3. The maximum absolute atomic E-state index is 12.3. The van der Waals surface area contributed by atoms with E-state index in [2.05, 4.69) is 10.3 Å². The Labute approximate surface area is 159 Å². The van der Waals surface area contributed by atoms with Crippen molar-refractivity contribution >= 4 is 11.9 Å². The number of ether oxygens (including phenoxy) is 1. The van der Waals surface area contributed by atoms with Crippen LogP contribution in [0, 0.1) is 19.8 Å². The SMILES string of the molecule is COCCN1CCC(C(=O)Nn2c(C)cc(C)cc2=O)C1.O=C(O)C(F)(F)F. The Bertz CT molecular complexity index is 749. The van der Waals surface area contributed by atoms with E-state index in [1.165, 1.54) is 10.7 Å². The Morgan fingerprint density at radius 1 is 1.32 bits per heavy atom. The van der Waals surface area contributed by atoms with Gasteiger partial charge >= 0.3 is 12.1 Å². The average molecular weight is 407 g/mol. The Morgan fingerprint density at radius 3 is 2.43 bits per heavy atom. The number of carboxylic acid groups (broad SMARTS) is 1. The van der Waals surface area contributed by atoms with Gasteiger partial charge in [0.1, 0.15) is 0 Å². The van der Waals surface area contributed by atoms with Crippen molar-refractivity contribution in [3.05, 3.63) is 33.7 Å². The van der Waals surface area contributed by atoms with Gasteiger partial charge < -0.3 is 14.7 Å². The molecule has 1 atom stereocenters. The summed E-state index contributed by atoms with van der Waals surface area (Å²) in [5, 5.41) is 7.12. The Morgan fingerprint density at radius 2 is 1.93 bits per heavy atom. The van der Waals surface area contributed by atoms with Crippen LogP contribution in [0.25, 0.3) is 0 Å². The summed E-state index contributed by atoms with van der Waals surface area (Å²) >= 11 is 0. The summed E-state index contributed by atoms with van der Waals surface area (Å²) in [6.45, 7) is 6.80. The molecule has 158 valence electrons. The summed E-state index contributed by atoms with van der Waals surface area (Å²) in [5.41, 5.74) is 4.17. The molecule has 0 aromatic carbocycles. The summed E-state index contributed by atoms with van der Waals surface area (Å²) in [6, 6.07) is 3.40. The lowest BCUT2D eigenvalue weighted by Crippen LogP contribution is -2.38. The summed E-state index contributed by atoms with van der Waals surface area (Å²) in [6.07, 6.45) is -4.27. The number of carbonyl (C=O) groups excluding carboxylic acids is 1. The number of hydrogen-bond acceptors (Lipinski definition) is 5. The molecule has 11 heteroatoms. The van der Waals surface area contributed by atoms with Gasteiger partial charge in [-0.1, -0.05) is 0 Å². The maximum Gasteiger partial charge on any atom is 0.490 e. The number of halogens is 3. The van der Waals surface area contributed by atoms with Gasteiger partial charge in [-0.25, -0.2) is 9.47 Å². The van der Waals surface area contributed by atoms with Crippen LogP contribution < -0.4 is 11.0 Å². The van der Waals surface area contributed by atoms with Gasteiger partial charge in [0.25, 0.3) is 5.56 Å². The third-order valence-corrected chi connectivity index (χ3v) is 4.08.